The van der Waals surface area contributed by atoms with E-state index in [1.807, 2.05) is 7.05 Å². The molecule has 0 spiro atoms. The first kappa shape index (κ1) is 22.6. The molecule has 0 saturated carbocycles. The third kappa shape index (κ3) is 6.41. The number of nitrogens with one attached hydrogen (secondary N) is 3. The van der Waals surface area contributed by atoms with Gasteiger partial charge in [-0.25, -0.2) is 9.29 Å². The molecule has 2 rings (SSSR count). The van der Waals surface area contributed by atoms with Crippen molar-refractivity contribution < 1.29 is 5.11 Å². The van der Waals surface area contributed by atoms with Gasteiger partial charge in [-0.3, -0.25) is 0 Å². The maximum Gasteiger partial charge on any atom is 0.149 e. The highest BCUT2D eigenvalue weighted by Gasteiger charge is 2.25. The summed E-state index contributed by atoms with van der Waals surface area (Å²) in [5.74, 6) is 1.44. The Hall–Kier alpha value is -1.73. The lowest BCUT2D eigenvalue weighted by atomic mass is 9.95. The Morgan fingerprint density at radius 2 is 2.07 bits per heavy atom. The number of nitrogens with zero attached hydrogens (tertiary/aromatic N) is 2. The predicted molar refractivity (Wildman–Crippen MR) is 122 cm³/mol. The number of aliphatic hydroxyl groups excluding tert-OH is 1. The van der Waals surface area contributed by atoms with Crippen LogP contribution in [-0.4, -0.2) is 46.8 Å². The maximum absolute atomic E-state index is 9.87. The third-order valence-electron chi connectivity index (χ3n) is 4.65. The number of aliphatic hydroxyl groups is 1. The van der Waals surface area contributed by atoms with Crippen LogP contribution in [0.2, 0.25) is 0 Å². The van der Waals surface area contributed by atoms with Crippen molar-refractivity contribution in [3.63, 3.8) is 0 Å². The average Bonchev–Trinajstić information content (AvgIpc) is 2.63. The molecule has 1 aliphatic rings. The molecule has 0 bridgehead atoms. The Labute approximate surface area is 173 Å². The zero-order valence-corrected chi connectivity index (χ0v) is 18.8. The van der Waals surface area contributed by atoms with Crippen LogP contribution < -0.4 is 10.6 Å². The van der Waals surface area contributed by atoms with E-state index in [0.29, 0.717) is 16.5 Å². The normalized spacial score (nSPS) is 19.1. The molecule has 1 fully saturated rings. The second kappa shape index (κ2) is 9.65. The molecule has 156 valence electrons. The van der Waals surface area contributed by atoms with Crippen LogP contribution in [0.15, 0.2) is 22.8 Å². The van der Waals surface area contributed by atoms with Gasteiger partial charge in [0, 0.05) is 44.0 Å². The second-order valence-corrected chi connectivity index (χ2v) is 9.76. The van der Waals surface area contributed by atoms with Gasteiger partial charge in [0.1, 0.15) is 11.6 Å². The van der Waals surface area contributed by atoms with Crippen LogP contribution >= 0.6 is 11.9 Å². The molecule has 1 atom stereocenters. The molecule has 4 N–H and O–H groups in total. The Kier molecular flexibility index (Phi) is 7.78. The molecular formula is C21H35N5OS. The summed E-state index contributed by atoms with van der Waals surface area (Å²) in [6, 6.07) is 4.25. The molecule has 1 aromatic rings. The number of piperidine rings is 1. The molecule has 0 aromatic carbocycles. The lowest BCUT2D eigenvalue weighted by Crippen LogP contribution is -2.30. The molecule has 2 heterocycles. The molecule has 1 aromatic heterocycles. The van der Waals surface area contributed by atoms with E-state index < -0.39 is 0 Å². The van der Waals surface area contributed by atoms with E-state index in [1.165, 1.54) is 11.9 Å². The first-order chi connectivity index (χ1) is 13.1. The number of hydrogen-bond acceptors (Lipinski definition) is 7. The van der Waals surface area contributed by atoms with Crippen molar-refractivity contribution in [2.45, 2.75) is 53.4 Å². The first-order valence-electron chi connectivity index (χ1n) is 9.91. The highest BCUT2D eigenvalue weighted by atomic mass is 32.2. The van der Waals surface area contributed by atoms with Crippen molar-refractivity contribution in [1.29, 1.82) is 5.41 Å². The average molecular weight is 406 g/mol. The van der Waals surface area contributed by atoms with E-state index in [4.69, 9.17) is 10.4 Å². The van der Waals surface area contributed by atoms with Crippen LogP contribution in [0.5, 0.6) is 0 Å². The van der Waals surface area contributed by atoms with E-state index in [-0.39, 0.29) is 11.2 Å². The molecule has 1 saturated heterocycles. The third-order valence-corrected chi connectivity index (χ3v) is 6.03. The Morgan fingerprint density at radius 1 is 1.36 bits per heavy atom. The van der Waals surface area contributed by atoms with Crippen LogP contribution in [0.3, 0.4) is 0 Å². The van der Waals surface area contributed by atoms with Gasteiger partial charge in [0.2, 0.25) is 0 Å². The molecular weight excluding hydrogens is 370 g/mol. The number of aromatic nitrogens is 1. The Balaban J connectivity index is 2.12. The Bertz CT molecular complexity index is 722. The summed E-state index contributed by atoms with van der Waals surface area (Å²) < 4.78 is 2.24. The van der Waals surface area contributed by atoms with E-state index in [2.05, 4.69) is 47.8 Å². The Morgan fingerprint density at radius 3 is 2.64 bits per heavy atom. The molecule has 1 aliphatic heterocycles. The lowest BCUT2D eigenvalue weighted by molar-refractivity contribution is 0.339. The molecule has 7 heteroatoms. The van der Waals surface area contributed by atoms with Gasteiger partial charge in [-0.15, -0.1) is 0 Å². The van der Waals surface area contributed by atoms with E-state index in [0.717, 1.165) is 49.7 Å². The quantitative estimate of drug-likeness (QED) is 0.282. The summed E-state index contributed by atoms with van der Waals surface area (Å²) in [7, 11) is 1.91. The summed E-state index contributed by atoms with van der Waals surface area (Å²) >= 11 is 1.49. The first-order valence-corrected chi connectivity index (χ1v) is 10.7. The topological polar surface area (TPSA) is 84.3 Å². The highest BCUT2D eigenvalue weighted by molar-refractivity contribution is 8.01. The lowest BCUT2D eigenvalue weighted by Gasteiger charge is -2.32. The zero-order valence-electron chi connectivity index (χ0n) is 18.0. The molecule has 6 nitrogen and oxygen atoms in total. The minimum atomic E-state index is 0.202. The largest absolute Gasteiger partial charge is 0.511 e. The summed E-state index contributed by atoms with van der Waals surface area (Å²) in [5, 5.41) is 24.5. The molecule has 0 aliphatic carbocycles. The fourth-order valence-corrected chi connectivity index (χ4v) is 4.20. The highest BCUT2D eigenvalue weighted by Crippen LogP contribution is 2.34. The van der Waals surface area contributed by atoms with Gasteiger partial charge in [-0.1, -0.05) is 20.8 Å². The van der Waals surface area contributed by atoms with Gasteiger partial charge in [-0.05, 0) is 56.2 Å². The van der Waals surface area contributed by atoms with Crippen LogP contribution in [0.1, 0.15) is 59.1 Å². The van der Waals surface area contributed by atoms with E-state index >= 15 is 0 Å². The standard InChI is InChI=1S/C21H35N5OS/c1-14(22)19(15(2)27)28-26-11-7-8-16(12-26)17-9-10-18(20(23-6)25-17)24-13-21(3,4)5/h9-10,16,22,24,27H,7-8,11-13H2,1-6H3,(H,23,25)/b19-15+,22-14?. The van der Waals surface area contributed by atoms with Crippen molar-refractivity contribution in [3.05, 3.63) is 28.5 Å². The zero-order chi connectivity index (χ0) is 20.9. The smallest absolute Gasteiger partial charge is 0.149 e. The molecule has 1 unspecified atom stereocenters. The van der Waals surface area contributed by atoms with Gasteiger partial charge in [0.05, 0.1) is 10.6 Å². The van der Waals surface area contributed by atoms with Gasteiger partial charge >= 0.3 is 0 Å². The molecule has 28 heavy (non-hydrogen) atoms. The van der Waals surface area contributed by atoms with Gasteiger partial charge < -0.3 is 21.1 Å². The number of hydrogen-bond donors (Lipinski definition) is 4. The van der Waals surface area contributed by atoms with Crippen molar-refractivity contribution in [1.82, 2.24) is 9.29 Å². The SMILES string of the molecule is CNc1nc(C2CCCN(S/C(C(C)=N)=C(\C)O)C2)ccc1NCC(C)(C)C. The fraction of sp³-hybridized carbons (Fsp3) is 0.619. The number of allylic oxidation sites excluding steroid dienone is 2. The summed E-state index contributed by atoms with van der Waals surface area (Å²) in [6.07, 6.45) is 2.18. The van der Waals surface area contributed by atoms with Crippen molar-refractivity contribution >= 4 is 29.2 Å². The van der Waals surface area contributed by atoms with Crippen LogP contribution in [0.4, 0.5) is 11.5 Å². The van der Waals surface area contributed by atoms with Crippen LogP contribution in [0.25, 0.3) is 0 Å². The molecule has 0 radical (unpaired) electrons. The fourth-order valence-electron chi connectivity index (χ4n) is 3.20. The number of rotatable bonds is 7. The second-order valence-electron chi connectivity index (χ2n) is 8.65. The van der Waals surface area contributed by atoms with Gasteiger partial charge in [-0.2, -0.15) is 0 Å². The summed E-state index contributed by atoms with van der Waals surface area (Å²) in [5.41, 5.74) is 2.72. The minimum Gasteiger partial charge on any atom is -0.511 e. The predicted octanol–water partition coefficient (Wildman–Crippen LogP) is 5.24. The summed E-state index contributed by atoms with van der Waals surface area (Å²) in [4.78, 5) is 5.53. The van der Waals surface area contributed by atoms with Crippen molar-refractivity contribution in [3.8, 4) is 0 Å². The van der Waals surface area contributed by atoms with Gasteiger partial charge in [0.15, 0.2) is 0 Å². The van der Waals surface area contributed by atoms with E-state index in [1.54, 1.807) is 13.8 Å². The monoisotopic (exact) mass is 405 g/mol. The number of pyridine rings is 1. The molecule has 0 amide bonds. The van der Waals surface area contributed by atoms with Gasteiger partial charge in [0.25, 0.3) is 0 Å². The van der Waals surface area contributed by atoms with Crippen LogP contribution in [0, 0.1) is 10.8 Å². The van der Waals surface area contributed by atoms with Crippen molar-refractivity contribution in [2.24, 2.45) is 5.41 Å². The van der Waals surface area contributed by atoms with E-state index in [9.17, 15) is 5.11 Å². The number of anilines is 2. The summed E-state index contributed by atoms with van der Waals surface area (Å²) in [6.45, 7) is 12.7. The minimum absolute atomic E-state index is 0.202. The van der Waals surface area contributed by atoms with Crippen LogP contribution in [-0.2, 0) is 0 Å². The van der Waals surface area contributed by atoms with Crippen molar-refractivity contribution in [2.75, 3.05) is 37.3 Å². The maximum atomic E-state index is 9.87.